The fraction of sp³-hybridized carbons (Fsp3) is 0.182. The van der Waals surface area contributed by atoms with Crippen molar-refractivity contribution in [3.63, 3.8) is 0 Å². The van der Waals surface area contributed by atoms with Gasteiger partial charge in [0, 0.05) is 16.9 Å². The average molecular weight is 358 g/mol. The van der Waals surface area contributed by atoms with Crippen molar-refractivity contribution in [3.8, 4) is 23.3 Å². The molecule has 0 saturated heterocycles. The van der Waals surface area contributed by atoms with Crippen molar-refractivity contribution in [2.24, 2.45) is 5.92 Å². The van der Waals surface area contributed by atoms with E-state index in [2.05, 4.69) is 6.07 Å². The lowest BCUT2D eigenvalue weighted by atomic mass is 9.78. The Hall–Kier alpha value is -3.52. The van der Waals surface area contributed by atoms with E-state index in [1.54, 1.807) is 14.2 Å². The first kappa shape index (κ1) is 16.9. The molecular formula is C22H18N2O3. The largest absolute Gasteiger partial charge is 0.493 e. The second-order valence-corrected chi connectivity index (χ2v) is 6.37. The van der Waals surface area contributed by atoms with Gasteiger partial charge < -0.3 is 14.2 Å². The predicted octanol–water partition coefficient (Wildman–Crippen LogP) is 4.50. The SMILES string of the molecule is COc1ccc(C2c3ccc4ccccc4c3OC(=N)C2C#N)cc1OC. The molecule has 5 nitrogen and oxygen atoms in total. The number of nitrogens with one attached hydrogen (secondary N) is 1. The number of methoxy groups -OCH3 is 2. The third kappa shape index (κ3) is 2.67. The van der Waals surface area contributed by atoms with Crippen LogP contribution in [0, 0.1) is 22.7 Å². The van der Waals surface area contributed by atoms with Gasteiger partial charge in [-0.2, -0.15) is 5.26 Å². The van der Waals surface area contributed by atoms with Crippen LogP contribution in [0.2, 0.25) is 0 Å². The van der Waals surface area contributed by atoms with Crippen LogP contribution >= 0.6 is 0 Å². The van der Waals surface area contributed by atoms with E-state index in [4.69, 9.17) is 19.6 Å². The summed E-state index contributed by atoms with van der Waals surface area (Å²) in [5, 5.41) is 20.0. The monoisotopic (exact) mass is 358 g/mol. The zero-order valence-corrected chi connectivity index (χ0v) is 15.0. The summed E-state index contributed by atoms with van der Waals surface area (Å²) in [6, 6.07) is 19.7. The fourth-order valence-corrected chi connectivity index (χ4v) is 3.67. The van der Waals surface area contributed by atoms with Gasteiger partial charge in [0.2, 0.25) is 5.90 Å². The topological polar surface area (TPSA) is 75.3 Å². The van der Waals surface area contributed by atoms with E-state index in [1.807, 2.05) is 54.6 Å². The molecule has 134 valence electrons. The highest BCUT2D eigenvalue weighted by Crippen LogP contribution is 2.46. The second-order valence-electron chi connectivity index (χ2n) is 6.37. The lowest BCUT2D eigenvalue weighted by Gasteiger charge is -2.31. The Bertz CT molecular complexity index is 1080. The van der Waals surface area contributed by atoms with Crippen LogP contribution in [0.4, 0.5) is 0 Å². The molecule has 0 saturated carbocycles. The quantitative estimate of drug-likeness (QED) is 0.748. The summed E-state index contributed by atoms with van der Waals surface area (Å²) in [6.45, 7) is 0. The van der Waals surface area contributed by atoms with Crippen molar-refractivity contribution in [2.75, 3.05) is 14.2 Å². The van der Waals surface area contributed by atoms with E-state index < -0.39 is 5.92 Å². The molecule has 1 aliphatic heterocycles. The van der Waals surface area contributed by atoms with E-state index in [9.17, 15) is 5.26 Å². The molecule has 2 unspecified atom stereocenters. The van der Waals surface area contributed by atoms with Gasteiger partial charge in [-0.25, -0.2) is 0 Å². The Balaban J connectivity index is 1.95. The predicted molar refractivity (Wildman–Crippen MR) is 103 cm³/mol. The molecule has 0 amide bonds. The third-order valence-electron chi connectivity index (χ3n) is 4.98. The molecule has 3 aromatic carbocycles. The minimum absolute atomic E-state index is 0.0406. The zero-order chi connectivity index (χ0) is 19.0. The summed E-state index contributed by atoms with van der Waals surface area (Å²) in [5.41, 5.74) is 1.77. The van der Waals surface area contributed by atoms with Crippen LogP contribution in [0.3, 0.4) is 0 Å². The van der Waals surface area contributed by atoms with Crippen molar-refractivity contribution >= 4 is 16.7 Å². The lowest BCUT2D eigenvalue weighted by molar-refractivity contribution is 0.354. The summed E-state index contributed by atoms with van der Waals surface area (Å²) < 4.78 is 16.6. The number of benzene rings is 3. The molecule has 0 radical (unpaired) electrons. The highest BCUT2D eigenvalue weighted by molar-refractivity contribution is 5.95. The van der Waals surface area contributed by atoms with Gasteiger partial charge in [0.1, 0.15) is 11.7 Å². The number of ether oxygens (including phenoxy) is 3. The maximum absolute atomic E-state index is 9.73. The van der Waals surface area contributed by atoms with E-state index in [0.717, 1.165) is 21.9 Å². The molecular weight excluding hydrogens is 340 g/mol. The highest BCUT2D eigenvalue weighted by Gasteiger charge is 2.38. The molecule has 1 aliphatic rings. The van der Waals surface area contributed by atoms with E-state index in [0.29, 0.717) is 17.2 Å². The first-order valence-electron chi connectivity index (χ1n) is 8.57. The Kier molecular flexibility index (Phi) is 4.17. The van der Waals surface area contributed by atoms with Crippen LogP contribution in [0.5, 0.6) is 17.2 Å². The van der Waals surface area contributed by atoms with Gasteiger partial charge in [-0.3, -0.25) is 5.41 Å². The number of nitriles is 1. The van der Waals surface area contributed by atoms with Gasteiger partial charge in [0.15, 0.2) is 11.5 Å². The van der Waals surface area contributed by atoms with Gasteiger partial charge in [-0.1, -0.05) is 42.5 Å². The Labute approximate surface area is 157 Å². The molecule has 5 heteroatoms. The molecule has 27 heavy (non-hydrogen) atoms. The van der Waals surface area contributed by atoms with Crippen LogP contribution in [-0.4, -0.2) is 20.1 Å². The molecule has 3 aromatic rings. The molecule has 0 aromatic heterocycles. The van der Waals surface area contributed by atoms with Gasteiger partial charge in [0.05, 0.1) is 20.3 Å². The Morgan fingerprint density at radius 1 is 1.00 bits per heavy atom. The Morgan fingerprint density at radius 2 is 1.78 bits per heavy atom. The molecule has 0 bridgehead atoms. The summed E-state index contributed by atoms with van der Waals surface area (Å²) in [7, 11) is 3.16. The molecule has 0 fully saturated rings. The number of rotatable bonds is 3. The third-order valence-corrected chi connectivity index (χ3v) is 4.98. The minimum atomic E-state index is -0.711. The van der Waals surface area contributed by atoms with Crippen LogP contribution in [0.15, 0.2) is 54.6 Å². The van der Waals surface area contributed by atoms with Crippen LogP contribution in [0.25, 0.3) is 10.8 Å². The molecule has 2 atom stereocenters. The maximum Gasteiger partial charge on any atom is 0.205 e. The van der Waals surface area contributed by atoms with E-state index in [-0.39, 0.29) is 11.8 Å². The standard InChI is InChI=1S/C22H18N2O3/c1-25-18-10-8-14(11-19(18)26-2)20-16-9-7-13-5-3-4-6-15(13)21(16)27-22(24)17(20)12-23/h3-11,17,20,24H,1-2H3. The summed E-state index contributed by atoms with van der Waals surface area (Å²) in [4.78, 5) is 0. The Morgan fingerprint density at radius 3 is 2.52 bits per heavy atom. The molecule has 1 N–H and O–H groups in total. The number of hydrogen-bond acceptors (Lipinski definition) is 5. The lowest BCUT2D eigenvalue weighted by Crippen LogP contribution is -2.31. The smallest absolute Gasteiger partial charge is 0.205 e. The van der Waals surface area contributed by atoms with Gasteiger partial charge in [0.25, 0.3) is 0 Å². The van der Waals surface area contributed by atoms with Crippen molar-refractivity contribution in [2.45, 2.75) is 5.92 Å². The summed E-state index contributed by atoms with van der Waals surface area (Å²) in [6.07, 6.45) is 0. The highest BCUT2D eigenvalue weighted by atomic mass is 16.5. The van der Waals surface area contributed by atoms with Gasteiger partial charge in [-0.05, 0) is 23.1 Å². The average Bonchev–Trinajstić information content (AvgIpc) is 2.72. The number of fused-ring (bicyclic) bond motifs is 3. The maximum atomic E-state index is 9.73. The second kappa shape index (κ2) is 6.65. The zero-order valence-electron chi connectivity index (χ0n) is 15.0. The normalized spacial score (nSPS) is 18.3. The van der Waals surface area contributed by atoms with E-state index in [1.165, 1.54) is 0 Å². The van der Waals surface area contributed by atoms with Crippen LogP contribution in [0.1, 0.15) is 17.0 Å². The van der Waals surface area contributed by atoms with Crippen molar-refractivity contribution < 1.29 is 14.2 Å². The van der Waals surface area contributed by atoms with Crippen LogP contribution < -0.4 is 14.2 Å². The summed E-state index contributed by atoms with van der Waals surface area (Å²) in [5.74, 6) is 0.778. The number of nitrogens with zero attached hydrogens (tertiary/aromatic N) is 1. The number of hydrogen-bond donors (Lipinski definition) is 1. The first-order chi connectivity index (χ1) is 13.2. The first-order valence-corrected chi connectivity index (χ1v) is 8.57. The summed E-state index contributed by atoms with van der Waals surface area (Å²) >= 11 is 0. The minimum Gasteiger partial charge on any atom is -0.493 e. The molecule has 0 aliphatic carbocycles. The van der Waals surface area contributed by atoms with Gasteiger partial charge >= 0.3 is 0 Å². The van der Waals surface area contributed by atoms with Gasteiger partial charge in [-0.15, -0.1) is 0 Å². The van der Waals surface area contributed by atoms with E-state index >= 15 is 0 Å². The van der Waals surface area contributed by atoms with Crippen molar-refractivity contribution in [3.05, 3.63) is 65.7 Å². The molecule has 4 rings (SSSR count). The molecule has 1 heterocycles. The fourth-order valence-electron chi connectivity index (χ4n) is 3.67. The van der Waals surface area contributed by atoms with Crippen LogP contribution in [-0.2, 0) is 0 Å². The van der Waals surface area contributed by atoms with Crippen molar-refractivity contribution in [1.29, 1.82) is 10.7 Å². The molecule has 0 spiro atoms. The van der Waals surface area contributed by atoms with Crippen molar-refractivity contribution in [1.82, 2.24) is 0 Å².